The Morgan fingerprint density at radius 3 is 2.12 bits per heavy atom. The summed E-state index contributed by atoms with van der Waals surface area (Å²) in [6.45, 7) is 7.88. The molecule has 33 heavy (non-hydrogen) atoms. The lowest BCUT2D eigenvalue weighted by molar-refractivity contribution is -0.144. The SMILES string of the molecule is CCO[Si](CCCSC(CC(=O)OCc1ccccc1)c1ccc(Cl)cc1)(OCC)OCC. The van der Waals surface area contributed by atoms with Gasteiger partial charge in [0.15, 0.2) is 0 Å². The van der Waals surface area contributed by atoms with Crippen molar-refractivity contribution in [3.05, 3.63) is 70.7 Å². The molecule has 0 aliphatic heterocycles. The maximum Gasteiger partial charge on any atom is 0.500 e. The third-order valence-electron chi connectivity index (χ3n) is 4.88. The second kappa shape index (κ2) is 15.5. The van der Waals surface area contributed by atoms with Crippen LogP contribution in [-0.4, -0.2) is 40.3 Å². The molecule has 1 atom stereocenters. The van der Waals surface area contributed by atoms with Gasteiger partial charge in [-0.15, -0.1) is 0 Å². The van der Waals surface area contributed by atoms with E-state index in [0.717, 1.165) is 29.3 Å². The van der Waals surface area contributed by atoms with Gasteiger partial charge >= 0.3 is 14.8 Å². The molecule has 0 N–H and O–H groups in total. The van der Waals surface area contributed by atoms with Crippen LogP contribution in [0.2, 0.25) is 11.1 Å². The first-order chi connectivity index (χ1) is 16.0. The monoisotopic (exact) mass is 510 g/mol. The first-order valence-corrected chi connectivity index (χ1v) is 14.9. The highest BCUT2D eigenvalue weighted by Crippen LogP contribution is 2.34. The number of hydrogen-bond donors (Lipinski definition) is 0. The van der Waals surface area contributed by atoms with E-state index >= 15 is 0 Å². The molecule has 0 spiro atoms. The quantitative estimate of drug-likeness (QED) is 0.142. The van der Waals surface area contributed by atoms with E-state index in [4.69, 9.17) is 29.6 Å². The van der Waals surface area contributed by atoms with Crippen LogP contribution in [0, 0.1) is 0 Å². The van der Waals surface area contributed by atoms with Gasteiger partial charge in [0.05, 0.1) is 6.42 Å². The van der Waals surface area contributed by atoms with E-state index in [0.29, 0.717) is 31.3 Å². The Labute approximate surface area is 208 Å². The Hall–Kier alpha value is -1.35. The Bertz CT molecular complexity index is 789. The van der Waals surface area contributed by atoms with Gasteiger partial charge in [-0.2, -0.15) is 11.8 Å². The van der Waals surface area contributed by atoms with E-state index in [1.54, 1.807) is 11.8 Å². The average Bonchev–Trinajstić information content (AvgIpc) is 2.81. The van der Waals surface area contributed by atoms with Crippen LogP contribution in [0.1, 0.15) is 50.0 Å². The van der Waals surface area contributed by atoms with Crippen molar-refractivity contribution in [2.24, 2.45) is 0 Å². The minimum atomic E-state index is -2.66. The molecule has 0 amide bonds. The molecular formula is C25H35ClO5SSi. The van der Waals surface area contributed by atoms with Crippen LogP contribution in [-0.2, 0) is 29.4 Å². The van der Waals surface area contributed by atoms with E-state index in [-0.39, 0.29) is 17.8 Å². The minimum absolute atomic E-state index is 0.0205. The van der Waals surface area contributed by atoms with Crippen LogP contribution in [0.25, 0.3) is 0 Å². The number of thioether (sulfide) groups is 1. The number of carbonyl (C=O) groups is 1. The van der Waals surface area contributed by atoms with Crippen LogP contribution >= 0.6 is 23.4 Å². The zero-order valence-electron chi connectivity index (χ0n) is 19.8. The van der Waals surface area contributed by atoms with Crippen LogP contribution in [0.5, 0.6) is 0 Å². The lowest BCUT2D eigenvalue weighted by Gasteiger charge is -2.28. The number of carbonyl (C=O) groups excluding carboxylic acids is 1. The van der Waals surface area contributed by atoms with E-state index in [9.17, 15) is 4.79 Å². The lowest BCUT2D eigenvalue weighted by atomic mass is 10.1. The van der Waals surface area contributed by atoms with Crippen molar-refractivity contribution in [1.82, 2.24) is 0 Å². The molecule has 0 fully saturated rings. The zero-order valence-corrected chi connectivity index (χ0v) is 22.3. The molecule has 8 heteroatoms. The molecule has 5 nitrogen and oxygen atoms in total. The van der Waals surface area contributed by atoms with E-state index in [1.165, 1.54) is 0 Å². The molecular weight excluding hydrogens is 476 g/mol. The van der Waals surface area contributed by atoms with Gasteiger partial charge in [-0.05, 0) is 56.2 Å². The molecule has 0 saturated heterocycles. The maximum atomic E-state index is 12.6. The Morgan fingerprint density at radius 1 is 0.939 bits per heavy atom. The normalized spacial score (nSPS) is 12.5. The lowest BCUT2D eigenvalue weighted by Crippen LogP contribution is -2.46. The minimum Gasteiger partial charge on any atom is -0.461 e. The molecule has 0 aliphatic carbocycles. The fourth-order valence-corrected chi connectivity index (χ4v) is 7.61. The summed E-state index contributed by atoms with van der Waals surface area (Å²) >= 11 is 7.81. The Morgan fingerprint density at radius 2 is 1.55 bits per heavy atom. The van der Waals surface area contributed by atoms with E-state index in [2.05, 4.69) is 0 Å². The summed E-state index contributed by atoms with van der Waals surface area (Å²) in [5, 5.41) is 0.656. The number of hydrogen-bond acceptors (Lipinski definition) is 6. The first-order valence-electron chi connectivity index (χ1n) is 11.5. The van der Waals surface area contributed by atoms with Gasteiger partial charge in [-0.25, -0.2) is 0 Å². The van der Waals surface area contributed by atoms with E-state index in [1.807, 2.05) is 75.4 Å². The van der Waals surface area contributed by atoms with Crippen molar-refractivity contribution >= 4 is 38.1 Å². The summed E-state index contributed by atoms with van der Waals surface area (Å²) in [7, 11) is -2.66. The average molecular weight is 511 g/mol. The number of ether oxygens (including phenoxy) is 1. The van der Waals surface area contributed by atoms with Crippen molar-refractivity contribution in [3.8, 4) is 0 Å². The molecule has 0 heterocycles. The van der Waals surface area contributed by atoms with Gasteiger partial charge in [0, 0.05) is 36.1 Å². The third-order valence-corrected chi connectivity index (χ3v) is 9.64. The summed E-state index contributed by atoms with van der Waals surface area (Å²) in [6.07, 6.45) is 1.17. The smallest absolute Gasteiger partial charge is 0.461 e. The van der Waals surface area contributed by atoms with Gasteiger partial charge in [-0.1, -0.05) is 54.1 Å². The molecule has 0 aliphatic rings. The maximum absolute atomic E-state index is 12.6. The molecule has 1 unspecified atom stereocenters. The number of rotatable bonds is 16. The Kier molecular flexibility index (Phi) is 13.1. The van der Waals surface area contributed by atoms with Crippen LogP contribution in [0.15, 0.2) is 54.6 Å². The highest BCUT2D eigenvalue weighted by molar-refractivity contribution is 7.99. The van der Waals surface area contributed by atoms with Gasteiger partial charge in [0.2, 0.25) is 0 Å². The molecule has 2 aromatic carbocycles. The fourth-order valence-electron chi connectivity index (χ4n) is 3.41. The fraction of sp³-hybridized carbons (Fsp3) is 0.480. The number of esters is 1. The second-order valence-corrected chi connectivity index (χ2v) is 11.8. The summed E-state index contributed by atoms with van der Waals surface area (Å²) in [6, 6.07) is 18.1. The number of halogens is 1. The molecule has 0 saturated carbocycles. The topological polar surface area (TPSA) is 54.0 Å². The zero-order chi connectivity index (χ0) is 23.9. The van der Waals surface area contributed by atoms with Crippen LogP contribution in [0.3, 0.4) is 0 Å². The predicted molar refractivity (Wildman–Crippen MR) is 138 cm³/mol. The van der Waals surface area contributed by atoms with Gasteiger partial charge in [0.1, 0.15) is 6.61 Å². The largest absolute Gasteiger partial charge is 0.500 e. The summed E-state index contributed by atoms with van der Waals surface area (Å²) in [4.78, 5) is 12.6. The van der Waals surface area contributed by atoms with Crippen LogP contribution in [0.4, 0.5) is 0 Å². The summed E-state index contributed by atoms with van der Waals surface area (Å²) < 4.78 is 23.4. The molecule has 2 rings (SSSR count). The third kappa shape index (κ3) is 10.2. The highest BCUT2D eigenvalue weighted by Gasteiger charge is 2.39. The van der Waals surface area contributed by atoms with Crippen molar-refractivity contribution in [3.63, 3.8) is 0 Å². The highest BCUT2D eigenvalue weighted by atomic mass is 35.5. The van der Waals surface area contributed by atoms with Crippen molar-refractivity contribution in [1.29, 1.82) is 0 Å². The first kappa shape index (κ1) is 27.9. The van der Waals surface area contributed by atoms with Crippen molar-refractivity contribution in [2.45, 2.75) is 51.5 Å². The van der Waals surface area contributed by atoms with Gasteiger partial charge in [0.25, 0.3) is 0 Å². The standard InChI is InChI=1S/C25H35ClO5SSi/c1-4-29-33(30-5-2,31-6-3)18-10-17-32-24(22-13-15-23(26)16-14-22)19-25(27)28-20-21-11-8-7-9-12-21/h7-9,11-16,24H,4-6,10,17-20H2,1-3H3. The van der Waals surface area contributed by atoms with Gasteiger partial charge < -0.3 is 18.0 Å². The van der Waals surface area contributed by atoms with Crippen molar-refractivity contribution in [2.75, 3.05) is 25.6 Å². The molecule has 182 valence electrons. The number of benzene rings is 2. The van der Waals surface area contributed by atoms with Crippen molar-refractivity contribution < 1.29 is 22.8 Å². The molecule has 0 bridgehead atoms. The summed E-state index contributed by atoms with van der Waals surface area (Å²) in [5.41, 5.74) is 2.04. The molecule has 0 radical (unpaired) electrons. The predicted octanol–water partition coefficient (Wildman–Crippen LogP) is 6.69. The molecule has 0 aromatic heterocycles. The van der Waals surface area contributed by atoms with Gasteiger partial charge in [-0.3, -0.25) is 4.79 Å². The molecule has 2 aromatic rings. The Balaban J connectivity index is 1.96. The summed E-state index contributed by atoms with van der Waals surface area (Å²) in [5.74, 6) is 0.634. The second-order valence-electron chi connectivity index (χ2n) is 7.35. The van der Waals surface area contributed by atoms with Crippen LogP contribution < -0.4 is 0 Å². The van der Waals surface area contributed by atoms with E-state index < -0.39 is 8.80 Å².